The molecule has 0 unspecified atom stereocenters. The minimum Gasteiger partial charge on any atom is -0.360 e. The maximum absolute atomic E-state index is 13.1. The molecule has 1 saturated carbocycles. The van der Waals surface area contributed by atoms with Gasteiger partial charge in [0.15, 0.2) is 10.9 Å². The molecule has 1 fully saturated rings. The molecular weight excluding hydrogens is 368 g/mol. The minimum atomic E-state index is -0.266. The number of Topliss-reactive ketones (excluding diaryl/α,β-unsaturated/α-hetero) is 1. The predicted octanol–water partition coefficient (Wildman–Crippen LogP) is 4.99. The summed E-state index contributed by atoms with van der Waals surface area (Å²) in [6, 6.07) is 18.0. The molecule has 140 valence electrons. The highest BCUT2D eigenvalue weighted by Crippen LogP contribution is 2.41. The highest BCUT2D eigenvalue weighted by Gasteiger charge is 2.32. The average molecular weight is 388 g/mol. The maximum atomic E-state index is 13.1. The number of fused-ring (bicyclic) bond motifs is 1. The summed E-state index contributed by atoms with van der Waals surface area (Å²) in [7, 11) is 0. The summed E-state index contributed by atoms with van der Waals surface area (Å²) in [5.41, 5.74) is 2.75. The molecule has 2 aromatic carbocycles. The Bertz CT molecular complexity index is 1140. The SMILES string of the molecule is C[C@H](Sc1nnc(C2CC2)n1-c1ccccc1)C(=O)c1c[nH]c2ccccc12. The number of nitrogens with zero attached hydrogens (tertiary/aromatic N) is 3. The van der Waals surface area contributed by atoms with E-state index in [1.165, 1.54) is 11.8 Å². The molecule has 1 N–H and O–H groups in total. The number of aromatic nitrogens is 4. The number of aromatic amines is 1. The molecule has 5 nitrogen and oxygen atoms in total. The summed E-state index contributed by atoms with van der Waals surface area (Å²) in [6.07, 6.45) is 4.11. The van der Waals surface area contributed by atoms with E-state index in [2.05, 4.69) is 31.9 Å². The van der Waals surface area contributed by atoms with Gasteiger partial charge >= 0.3 is 0 Å². The van der Waals surface area contributed by atoms with Crippen LogP contribution < -0.4 is 0 Å². The Balaban J connectivity index is 1.47. The summed E-state index contributed by atoms with van der Waals surface area (Å²) in [5, 5.41) is 10.4. The number of hydrogen-bond acceptors (Lipinski definition) is 4. The quantitative estimate of drug-likeness (QED) is 0.373. The van der Waals surface area contributed by atoms with Crippen LogP contribution in [0.1, 0.15) is 41.9 Å². The van der Waals surface area contributed by atoms with E-state index in [4.69, 9.17) is 0 Å². The van der Waals surface area contributed by atoms with E-state index in [0.29, 0.717) is 5.92 Å². The second-order valence-corrected chi connectivity index (χ2v) is 8.47. The van der Waals surface area contributed by atoms with E-state index < -0.39 is 0 Å². The van der Waals surface area contributed by atoms with Crippen LogP contribution in [0.15, 0.2) is 66.0 Å². The molecule has 28 heavy (non-hydrogen) atoms. The zero-order valence-corrected chi connectivity index (χ0v) is 16.3. The third-order valence-electron chi connectivity index (χ3n) is 5.12. The summed E-state index contributed by atoms with van der Waals surface area (Å²) >= 11 is 1.47. The fourth-order valence-electron chi connectivity index (χ4n) is 3.49. The monoisotopic (exact) mass is 388 g/mol. The van der Waals surface area contributed by atoms with Gasteiger partial charge in [0.05, 0.1) is 5.25 Å². The van der Waals surface area contributed by atoms with Crippen LogP contribution in [-0.2, 0) is 0 Å². The van der Waals surface area contributed by atoms with Crippen molar-refractivity contribution >= 4 is 28.4 Å². The van der Waals surface area contributed by atoms with Crippen molar-refractivity contribution in [1.82, 2.24) is 19.7 Å². The van der Waals surface area contributed by atoms with Gasteiger partial charge in [-0.25, -0.2) is 0 Å². The van der Waals surface area contributed by atoms with Gasteiger partial charge in [-0.3, -0.25) is 9.36 Å². The Morgan fingerprint density at radius 3 is 2.64 bits per heavy atom. The topological polar surface area (TPSA) is 63.6 Å². The molecule has 0 aliphatic heterocycles. The van der Waals surface area contributed by atoms with Crippen molar-refractivity contribution in [3.63, 3.8) is 0 Å². The molecular formula is C22H20N4OS. The number of thioether (sulfide) groups is 1. The van der Waals surface area contributed by atoms with Crippen molar-refractivity contribution in [1.29, 1.82) is 0 Å². The van der Waals surface area contributed by atoms with E-state index in [1.54, 1.807) is 0 Å². The number of hydrogen-bond donors (Lipinski definition) is 1. The molecule has 0 amide bonds. The first kappa shape index (κ1) is 17.3. The maximum Gasteiger partial charge on any atom is 0.196 e. The van der Waals surface area contributed by atoms with Crippen molar-refractivity contribution in [2.75, 3.05) is 0 Å². The van der Waals surface area contributed by atoms with E-state index in [0.717, 1.165) is 46.0 Å². The van der Waals surface area contributed by atoms with Gasteiger partial charge in [-0.2, -0.15) is 0 Å². The Kier molecular flexibility index (Phi) is 4.28. The molecule has 1 aliphatic carbocycles. The van der Waals surface area contributed by atoms with Crippen molar-refractivity contribution in [3.05, 3.63) is 72.2 Å². The second-order valence-electron chi connectivity index (χ2n) is 7.16. The number of rotatable bonds is 6. The molecule has 4 aromatic rings. The van der Waals surface area contributed by atoms with Crippen LogP contribution in [0.3, 0.4) is 0 Å². The molecule has 5 rings (SSSR count). The number of ketones is 1. The Morgan fingerprint density at radius 1 is 1.11 bits per heavy atom. The lowest BCUT2D eigenvalue weighted by atomic mass is 10.1. The van der Waals surface area contributed by atoms with Crippen molar-refractivity contribution < 1.29 is 4.79 Å². The smallest absolute Gasteiger partial charge is 0.196 e. The van der Waals surface area contributed by atoms with Gasteiger partial charge in [0.2, 0.25) is 0 Å². The lowest BCUT2D eigenvalue weighted by Gasteiger charge is -2.12. The number of H-pyrrole nitrogens is 1. The largest absolute Gasteiger partial charge is 0.360 e. The van der Waals surface area contributed by atoms with Gasteiger partial charge in [0.25, 0.3) is 0 Å². The van der Waals surface area contributed by atoms with E-state index in [1.807, 2.05) is 55.6 Å². The zero-order chi connectivity index (χ0) is 19.1. The van der Waals surface area contributed by atoms with Gasteiger partial charge in [-0.1, -0.05) is 48.2 Å². The van der Waals surface area contributed by atoms with Gasteiger partial charge in [0.1, 0.15) is 5.82 Å². The molecule has 0 radical (unpaired) electrons. The van der Waals surface area contributed by atoms with E-state index in [9.17, 15) is 4.79 Å². The summed E-state index contributed by atoms with van der Waals surface area (Å²) in [5.74, 6) is 1.57. The van der Waals surface area contributed by atoms with Crippen LogP contribution in [0.2, 0.25) is 0 Å². The van der Waals surface area contributed by atoms with Crippen molar-refractivity contribution in [2.45, 2.75) is 36.1 Å². The molecule has 2 heterocycles. The van der Waals surface area contributed by atoms with Crippen LogP contribution in [0.25, 0.3) is 16.6 Å². The van der Waals surface area contributed by atoms with Crippen LogP contribution in [0.5, 0.6) is 0 Å². The molecule has 1 atom stereocenters. The van der Waals surface area contributed by atoms with Crippen LogP contribution in [0.4, 0.5) is 0 Å². The lowest BCUT2D eigenvalue weighted by Crippen LogP contribution is -2.14. The highest BCUT2D eigenvalue weighted by molar-refractivity contribution is 8.00. The second kappa shape index (κ2) is 6.95. The fraction of sp³-hybridized carbons (Fsp3) is 0.227. The van der Waals surface area contributed by atoms with Crippen molar-refractivity contribution in [2.24, 2.45) is 0 Å². The van der Waals surface area contributed by atoms with Gasteiger partial charge < -0.3 is 4.98 Å². The molecule has 0 saturated heterocycles. The average Bonchev–Trinajstić information content (AvgIpc) is 3.35. The molecule has 2 aromatic heterocycles. The van der Waals surface area contributed by atoms with Crippen LogP contribution in [0, 0.1) is 0 Å². The summed E-state index contributed by atoms with van der Waals surface area (Å²) < 4.78 is 2.11. The van der Waals surface area contributed by atoms with E-state index in [-0.39, 0.29) is 11.0 Å². The van der Waals surface area contributed by atoms with Crippen LogP contribution in [-0.4, -0.2) is 30.8 Å². The molecule has 0 spiro atoms. The number of carbonyl (C=O) groups is 1. The normalized spacial score (nSPS) is 15.0. The zero-order valence-electron chi connectivity index (χ0n) is 15.5. The first-order valence-electron chi connectivity index (χ1n) is 9.50. The predicted molar refractivity (Wildman–Crippen MR) is 111 cm³/mol. The first-order valence-corrected chi connectivity index (χ1v) is 10.4. The standard InChI is InChI=1S/C22H20N4OS/c1-14(20(27)18-13-23-19-10-6-5-9-17(18)19)28-22-25-24-21(15-11-12-15)26(22)16-7-3-2-4-8-16/h2-10,13-15,23H,11-12H2,1H3/t14-/m0/s1. The minimum absolute atomic E-state index is 0.0954. The molecule has 0 bridgehead atoms. The Hall–Kier alpha value is -2.86. The first-order chi connectivity index (χ1) is 13.7. The van der Waals surface area contributed by atoms with Gasteiger partial charge in [0, 0.05) is 34.3 Å². The number of nitrogens with one attached hydrogen (secondary N) is 1. The van der Waals surface area contributed by atoms with Gasteiger partial charge in [-0.15, -0.1) is 10.2 Å². The third kappa shape index (κ3) is 3.03. The highest BCUT2D eigenvalue weighted by atomic mass is 32.2. The number of benzene rings is 2. The van der Waals surface area contributed by atoms with E-state index >= 15 is 0 Å². The summed E-state index contributed by atoms with van der Waals surface area (Å²) in [4.78, 5) is 16.3. The fourth-order valence-corrected chi connectivity index (χ4v) is 4.43. The third-order valence-corrected chi connectivity index (χ3v) is 6.16. The van der Waals surface area contributed by atoms with Gasteiger partial charge in [-0.05, 0) is 38.0 Å². The lowest BCUT2D eigenvalue weighted by molar-refractivity contribution is 0.0995. The number of carbonyl (C=O) groups excluding carboxylic acids is 1. The molecule has 1 aliphatic rings. The molecule has 6 heteroatoms. The Morgan fingerprint density at radius 2 is 1.86 bits per heavy atom. The summed E-state index contributed by atoms with van der Waals surface area (Å²) in [6.45, 7) is 1.94. The van der Waals surface area contributed by atoms with Crippen LogP contribution >= 0.6 is 11.8 Å². The number of para-hydroxylation sites is 2. The Labute approximate surface area is 167 Å². The van der Waals surface area contributed by atoms with Crippen molar-refractivity contribution in [3.8, 4) is 5.69 Å².